The highest BCUT2D eigenvalue weighted by Gasteiger charge is 2.26. The Labute approximate surface area is 150 Å². The SMILES string of the molecule is C[C@H](OC(=O)C[C@@H](c1ccccc1)N1CCCCC1)c1ccccc1. The van der Waals surface area contributed by atoms with Crippen molar-refractivity contribution in [2.24, 2.45) is 0 Å². The van der Waals surface area contributed by atoms with E-state index in [2.05, 4.69) is 17.0 Å². The predicted molar refractivity (Wildman–Crippen MR) is 100 cm³/mol. The van der Waals surface area contributed by atoms with Crippen molar-refractivity contribution in [1.82, 2.24) is 4.90 Å². The molecule has 25 heavy (non-hydrogen) atoms. The molecule has 0 spiro atoms. The van der Waals surface area contributed by atoms with E-state index in [4.69, 9.17) is 4.74 Å². The van der Waals surface area contributed by atoms with Crippen LogP contribution < -0.4 is 0 Å². The highest BCUT2D eigenvalue weighted by atomic mass is 16.5. The summed E-state index contributed by atoms with van der Waals surface area (Å²) in [5.41, 5.74) is 2.23. The minimum atomic E-state index is -0.216. The third-order valence-corrected chi connectivity index (χ3v) is 4.95. The average molecular weight is 337 g/mol. The third kappa shape index (κ3) is 4.93. The van der Waals surface area contributed by atoms with E-state index in [0.717, 1.165) is 18.7 Å². The van der Waals surface area contributed by atoms with E-state index in [-0.39, 0.29) is 18.1 Å². The molecule has 1 heterocycles. The Morgan fingerprint density at radius 3 is 2.08 bits per heavy atom. The summed E-state index contributed by atoms with van der Waals surface area (Å²) in [4.78, 5) is 15.0. The molecule has 3 rings (SSSR count). The molecule has 2 aromatic rings. The first-order valence-electron chi connectivity index (χ1n) is 9.27. The quantitative estimate of drug-likeness (QED) is 0.702. The number of carbonyl (C=O) groups excluding carboxylic acids is 1. The highest BCUT2D eigenvalue weighted by Crippen LogP contribution is 2.29. The summed E-state index contributed by atoms with van der Waals surface area (Å²) in [5, 5.41) is 0. The molecule has 0 bridgehead atoms. The van der Waals surface area contributed by atoms with Crippen LogP contribution in [0.5, 0.6) is 0 Å². The molecule has 0 aliphatic carbocycles. The summed E-state index contributed by atoms with van der Waals surface area (Å²) < 4.78 is 5.71. The molecular weight excluding hydrogens is 310 g/mol. The summed E-state index contributed by atoms with van der Waals surface area (Å²) in [6, 6.07) is 20.4. The van der Waals surface area contributed by atoms with Crippen molar-refractivity contribution < 1.29 is 9.53 Å². The smallest absolute Gasteiger partial charge is 0.308 e. The number of benzene rings is 2. The van der Waals surface area contributed by atoms with Gasteiger partial charge in [0.1, 0.15) is 6.10 Å². The molecule has 0 saturated carbocycles. The van der Waals surface area contributed by atoms with E-state index in [0.29, 0.717) is 6.42 Å². The molecule has 1 aliphatic heterocycles. The van der Waals surface area contributed by atoms with Gasteiger partial charge in [0, 0.05) is 6.04 Å². The number of esters is 1. The molecule has 0 N–H and O–H groups in total. The van der Waals surface area contributed by atoms with Crippen LogP contribution in [0.4, 0.5) is 0 Å². The van der Waals surface area contributed by atoms with E-state index >= 15 is 0 Å². The fourth-order valence-corrected chi connectivity index (χ4v) is 3.56. The number of hydrogen-bond acceptors (Lipinski definition) is 3. The summed E-state index contributed by atoms with van der Waals surface area (Å²) >= 11 is 0. The van der Waals surface area contributed by atoms with Crippen LogP contribution in [0.3, 0.4) is 0 Å². The minimum Gasteiger partial charge on any atom is -0.458 e. The zero-order valence-electron chi connectivity index (χ0n) is 14.9. The Bertz CT molecular complexity index is 650. The molecular formula is C22H27NO2. The monoisotopic (exact) mass is 337 g/mol. The van der Waals surface area contributed by atoms with Crippen LogP contribution in [0.2, 0.25) is 0 Å². The van der Waals surface area contributed by atoms with Gasteiger partial charge >= 0.3 is 5.97 Å². The van der Waals surface area contributed by atoms with E-state index < -0.39 is 0 Å². The molecule has 1 aliphatic rings. The predicted octanol–water partition coefficient (Wildman–Crippen LogP) is 4.91. The van der Waals surface area contributed by atoms with Crippen molar-refractivity contribution in [1.29, 1.82) is 0 Å². The van der Waals surface area contributed by atoms with Crippen molar-refractivity contribution in [2.45, 2.75) is 44.8 Å². The van der Waals surface area contributed by atoms with Gasteiger partial charge < -0.3 is 4.74 Å². The molecule has 2 aromatic carbocycles. The molecule has 1 saturated heterocycles. The van der Waals surface area contributed by atoms with E-state index in [1.54, 1.807) is 0 Å². The maximum Gasteiger partial charge on any atom is 0.308 e. The molecule has 132 valence electrons. The average Bonchev–Trinajstić information content (AvgIpc) is 2.68. The molecule has 3 nitrogen and oxygen atoms in total. The van der Waals surface area contributed by atoms with Gasteiger partial charge in [-0.15, -0.1) is 0 Å². The van der Waals surface area contributed by atoms with E-state index in [9.17, 15) is 4.79 Å². The Hall–Kier alpha value is -2.13. The minimum absolute atomic E-state index is 0.108. The van der Waals surface area contributed by atoms with E-state index in [1.807, 2.05) is 55.5 Å². The van der Waals surface area contributed by atoms with E-state index in [1.165, 1.54) is 24.8 Å². The summed E-state index contributed by atoms with van der Waals surface area (Å²) in [5.74, 6) is -0.129. The zero-order chi connectivity index (χ0) is 17.5. The second kappa shape index (κ2) is 8.82. The van der Waals surface area contributed by atoms with Crippen LogP contribution in [-0.2, 0) is 9.53 Å². The standard InChI is InChI=1S/C22H27NO2/c1-18(19-11-5-2-6-12-19)25-22(24)17-21(20-13-7-3-8-14-20)23-15-9-4-10-16-23/h2-3,5-8,11-14,18,21H,4,9-10,15-17H2,1H3/t18-,21-/m0/s1. The molecule has 0 amide bonds. The van der Waals surface area contributed by atoms with Gasteiger partial charge in [-0.3, -0.25) is 9.69 Å². The third-order valence-electron chi connectivity index (χ3n) is 4.95. The van der Waals surface area contributed by atoms with Gasteiger partial charge in [-0.2, -0.15) is 0 Å². The number of hydrogen-bond donors (Lipinski definition) is 0. The van der Waals surface area contributed by atoms with Crippen molar-refractivity contribution >= 4 is 5.97 Å². The van der Waals surface area contributed by atoms with Crippen molar-refractivity contribution in [3.63, 3.8) is 0 Å². The van der Waals surface area contributed by atoms with Gasteiger partial charge in [0.25, 0.3) is 0 Å². The first-order valence-corrected chi connectivity index (χ1v) is 9.27. The van der Waals surface area contributed by atoms with Crippen LogP contribution in [0.1, 0.15) is 55.9 Å². The number of nitrogens with zero attached hydrogens (tertiary/aromatic N) is 1. The number of piperidine rings is 1. The number of likely N-dealkylation sites (tertiary alicyclic amines) is 1. The molecule has 0 unspecified atom stereocenters. The first-order chi connectivity index (χ1) is 12.2. The lowest BCUT2D eigenvalue weighted by molar-refractivity contribution is -0.150. The van der Waals surface area contributed by atoms with Gasteiger partial charge in [0.05, 0.1) is 6.42 Å². The Morgan fingerprint density at radius 2 is 1.48 bits per heavy atom. The molecule has 1 fully saturated rings. The lowest BCUT2D eigenvalue weighted by Gasteiger charge is -2.34. The molecule has 3 heteroatoms. The fraction of sp³-hybridized carbons (Fsp3) is 0.409. The van der Waals surface area contributed by atoms with Crippen LogP contribution in [-0.4, -0.2) is 24.0 Å². The molecule has 2 atom stereocenters. The molecule has 0 radical (unpaired) electrons. The Kier molecular flexibility index (Phi) is 6.24. The second-order valence-electron chi connectivity index (χ2n) is 6.77. The van der Waals surface area contributed by atoms with Crippen LogP contribution in [0.25, 0.3) is 0 Å². The summed E-state index contributed by atoms with van der Waals surface area (Å²) in [6.07, 6.45) is 3.89. The van der Waals surface area contributed by atoms with Gasteiger partial charge in [-0.25, -0.2) is 0 Å². The zero-order valence-corrected chi connectivity index (χ0v) is 14.9. The van der Waals surface area contributed by atoms with Crippen molar-refractivity contribution in [3.05, 3.63) is 71.8 Å². The number of ether oxygens (including phenoxy) is 1. The fourth-order valence-electron chi connectivity index (χ4n) is 3.56. The maximum atomic E-state index is 12.6. The van der Waals surface area contributed by atoms with Crippen LogP contribution >= 0.6 is 0 Å². The van der Waals surface area contributed by atoms with Gasteiger partial charge in [0.2, 0.25) is 0 Å². The van der Waals surface area contributed by atoms with Crippen LogP contribution in [0, 0.1) is 0 Å². The number of rotatable bonds is 6. The Balaban J connectivity index is 1.68. The topological polar surface area (TPSA) is 29.5 Å². The van der Waals surface area contributed by atoms with Crippen molar-refractivity contribution in [2.75, 3.05) is 13.1 Å². The number of carbonyl (C=O) groups is 1. The van der Waals surface area contributed by atoms with Crippen molar-refractivity contribution in [3.8, 4) is 0 Å². The maximum absolute atomic E-state index is 12.6. The first kappa shape index (κ1) is 17.7. The van der Waals surface area contributed by atoms with Gasteiger partial charge in [0.15, 0.2) is 0 Å². The normalized spacial score (nSPS) is 17.6. The Morgan fingerprint density at radius 1 is 0.920 bits per heavy atom. The van der Waals surface area contributed by atoms with Gasteiger partial charge in [-0.1, -0.05) is 67.1 Å². The molecule has 0 aromatic heterocycles. The summed E-state index contributed by atoms with van der Waals surface area (Å²) in [6.45, 7) is 4.05. The van der Waals surface area contributed by atoms with Crippen LogP contribution in [0.15, 0.2) is 60.7 Å². The largest absolute Gasteiger partial charge is 0.458 e. The van der Waals surface area contributed by atoms with Gasteiger partial charge in [-0.05, 0) is 44.0 Å². The lowest BCUT2D eigenvalue weighted by atomic mass is 9.99. The summed E-state index contributed by atoms with van der Waals surface area (Å²) in [7, 11) is 0. The second-order valence-corrected chi connectivity index (χ2v) is 6.77. The lowest BCUT2D eigenvalue weighted by Crippen LogP contribution is -2.35. The highest BCUT2D eigenvalue weighted by molar-refractivity contribution is 5.70.